The molecule has 1 aliphatic carbocycles. The summed E-state index contributed by atoms with van der Waals surface area (Å²) >= 11 is 0. The smallest absolute Gasteiger partial charge is 0.248 e. The van der Waals surface area contributed by atoms with Gasteiger partial charge in [0.15, 0.2) is 5.78 Å². The standard InChI is InChI=1S/C16H15NO3/c1-2-3-4-5-6-7-8-9-16(20)17-14-12-13(18)10-11-15(14)19/h2-12H,1H3,(H,17,20)/b3-2+,5-4+,7-6+,9-8+. The molecular formula is C16H15NO3. The zero-order valence-corrected chi connectivity index (χ0v) is 11.1. The van der Waals surface area contributed by atoms with Gasteiger partial charge in [-0.2, -0.15) is 0 Å². The van der Waals surface area contributed by atoms with Crippen LogP contribution in [-0.4, -0.2) is 17.5 Å². The Morgan fingerprint density at radius 2 is 1.65 bits per heavy atom. The molecule has 4 heteroatoms. The van der Waals surface area contributed by atoms with Crippen molar-refractivity contribution in [3.8, 4) is 0 Å². The van der Waals surface area contributed by atoms with Crippen molar-refractivity contribution in [2.24, 2.45) is 0 Å². The number of nitrogens with one attached hydrogen (secondary N) is 1. The Morgan fingerprint density at radius 3 is 2.35 bits per heavy atom. The number of allylic oxidation sites excluding steroid dienone is 10. The van der Waals surface area contributed by atoms with Gasteiger partial charge < -0.3 is 5.32 Å². The quantitative estimate of drug-likeness (QED) is 0.471. The van der Waals surface area contributed by atoms with Crippen LogP contribution in [-0.2, 0) is 14.4 Å². The lowest BCUT2D eigenvalue weighted by Crippen LogP contribution is -2.27. The molecule has 4 nitrogen and oxygen atoms in total. The number of carbonyl (C=O) groups excluding carboxylic acids is 3. The minimum absolute atomic E-state index is 0.0101. The molecule has 0 spiro atoms. The van der Waals surface area contributed by atoms with Crippen LogP contribution in [0.5, 0.6) is 0 Å². The first kappa shape index (κ1) is 15.3. The van der Waals surface area contributed by atoms with Crippen LogP contribution in [0.4, 0.5) is 0 Å². The molecule has 1 amide bonds. The normalized spacial score (nSPS) is 15.9. The summed E-state index contributed by atoms with van der Waals surface area (Å²) in [5.74, 6) is -1.18. The summed E-state index contributed by atoms with van der Waals surface area (Å²) in [6.45, 7) is 1.92. The first-order valence-corrected chi connectivity index (χ1v) is 6.05. The number of rotatable bonds is 5. The van der Waals surface area contributed by atoms with Crippen LogP contribution in [0.25, 0.3) is 0 Å². The molecule has 0 aliphatic heterocycles. The van der Waals surface area contributed by atoms with E-state index < -0.39 is 11.7 Å². The lowest BCUT2D eigenvalue weighted by molar-refractivity contribution is -0.118. The van der Waals surface area contributed by atoms with Crippen LogP contribution in [0, 0.1) is 0 Å². The topological polar surface area (TPSA) is 63.2 Å². The van der Waals surface area contributed by atoms with Crippen LogP contribution in [0.2, 0.25) is 0 Å². The predicted octanol–water partition coefficient (Wildman–Crippen LogP) is 1.94. The van der Waals surface area contributed by atoms with Gasteiger partial charge in [0.1, 0.15) is 0 Å². The largest absolute Gasteiger partial charge is 0.319 e. The van der Waals surface area contributed by atoms with Gasteiger partial charge in [-0.15, -0.1) is 0 Å². The molecule has 0 unspecified atom stereocenters. The van der Waals surface area contributed by atoms with E-state index in [1.807, 2.05) is 31.2 Å². The van der Waals surface area contributed by atoms with Gasteiger partial charge in [0.25, 0.3) is 0 Å². The van der Waals surface area contributed by atoms with Crippen molar-refractivity contribution in [1.29, 1.82) is 0 Å². The molecule has 0 atom stereocenters. The van der Waals surface area contributed by atoms with Crippen LogP contribution in [0.15, 0.2) is 72.5 Å². The minimum Gasteiger partial charge on any atom is -0.319 e. The summed E-state index contributed by atoms with van der Waals surface area (Å²) in [5, 5.41) is 2.36. The van der Waals surface area contributed by atoms with Crippen LogP contribution in [0.3, 0.4) is 0 Å². The van der Waals surface area contributed by atoms with Crippen LogP contribution in [0.1, 0.15) is 6.92 Å². The van der Waals surface area contributed by atoms with Crippen molar-refractivity contribution in [2.45, 2.75) is 6.92 Å². The van der Waals surface area contributed by atoms with Gasteiger partial charge in [0.2, 0.25) is 11.7 Å². The Kier molecular flexibility index (Phi) is 6.41. The molecule has 102 valence electrons. The summed E-state index contributed by atoms with van der Waals surface area (Å²) in [5.41, 5.74) is -0.0101. The maximum Gasteiger partial charge on any atom is 0.248 e. The molecule has 0 aromatic rings. The van der Waals surface area contributed by atoms with Crippen molar-refractivity contribution in [3.63, 3.8) is 0 Å². The highest BCUT2D eigenvalue weighted by atomic mass is 16.2. The van der Waals surface area contributed by atoms with Gasteiger partial charge in [0.05, 0.1) is 5.70 Å². The van der Waals surface area contributed by atoms with Gasteiger partial charge in [-0.3, -0.25) is 14.4 Å². The van der Waals surface area contributed by atoms with Gasteiger partial charge in [0, 0.05) is 12.2 Å². The molecule has 0 saturated carbocycles. The summed E-state index contributed by atoms with van der Waals surface area (Å²) in [6.07, 6.45) is 17.1. The van der Waals surface area contributed by atoms with Gasteiger partial charge in [-0.25, -0.2) is 0 Å². The van der Waals surface area contributed by atoms with Gasteiger partial charge in [-0.05, 0) is 19.1 Å². The molecule has 1 rings (SSSR count). The molecule has 0 bridgehead atoms. The number of carbonyl (C=O) groups is 3. The van der Waals surface area contributed by atoms with Crippen molar-refractivity contribution in [3.05, 3.63) is 72.5 Å². The van der Waals surface area contributed by atoms with Crippen molar-refractivity contribution in [1.82, 2.24) is 5.32 Å². The summed E-state index contributed by atoms with van der Waals surface area (Å²) in [7, 11) is 0. The summed E-state index contributed by atoms with van der Waals surface area (Å²) in [4.78, 5) is 34.0. The second kappa shape index (κ2) is 8.37. The number of hydrogen-bond acceptors (Lipinski definition) is 3. The van der Waals surface area contributed by atoms with E-state index in [1.54, 1.807) is 18.2 Å². The van der Waals surface area contributed by atoms with Crippen LogP contribution < -0.4 is 5.32 Å². The van der Waals surface area contributed by atoms with Crippen LogP contribution >= 0.6 is 0 Å². The van der Waals surface area contributed by atoms with E-state index in [2.05, 4.69) is 5.32 Å². The lowest BCUT2D eigenvalue weighted by Gasteiger charge is -2.06. The molecular weight excluding hydrogens is 254 g/mol. The molecule has 0 fully saturated rings. The number of ketones is 2. The fourth-order valence-corrected chi connectivity index (χ4v) is 1.29. The number of amides is 1. The van der Waals surface area contributed by atoms with E-state index >= 15 is 0 Å². The first-order chi connectivity index (χ1) is 9.63. The van der Waals surface area contributed by atoms with Crippen molar-refractivity contribution >= 4 is 17.5 Å². The highest BCUT2D eigenvalue weighted by molar-refractivity contribution is 6.18. The third-order valence-corrected chi connectivity index (χ3v) is 2.20. The molecule has 0 heterocycles. The second-order valence-electron chi connectivity index (χ2n) is 3.80. The Balaban J connectivity index is 2.48. The highest BCUT2D eigenvalue weighted by Crippen LogP contribution is 2.01. The van der Waals surface area contributed by atoms with E-state index in [0.717, 1.165) is 18.2 Å². The Labute approximate surface area is 117 Å². The lowest BCUT2D eigenvalue weighted by atomic mass is 10.1. The molecule has 0 saturated heterocycles. The molecule has 1 aliphatic rings. The van der Waals surface area contributed by atoms with Gasteiger partial charge >= 0.3 is 0 Å². The van der Waals surface area contributed by atoms with E-state index in [1.165, 1.54) is 6.08 Å². The third-order valence-electron chi connectivity index (χ3n) is 2.20. The first-order valence-electron chi connectivity index (χ1n) is 6.05. The minimum atomic E-state index is -0.463. The molecule has 0 aromatic carbocycles. The Hall–Kier alpha value is -2.75. The van der Waals surface area contributed by atoms with Gasteiger partial charge in [-0.1, -0.05) is 42.5 Å². The fraction of sp³-hybridized carbons (Fsp3) is 0.0625. The SMILES string of the molecule is C/C=C/C=C/C=C/C=C/C(=O)NC1=CC(=O)C=CC1=O. The molecule has 20 heavy (non-hydrogen) atoms. The predicted molar refractivity (Wildman–Crippen MR) is 77.6 cm³/mol. The maximum absolute atomic E-state index is 11.5. The average molecular weight is 269 g/mol. The summed E-state index contributed by atoms with van der Waals surface area (Å²) in [6, 6.07) is 0. The fourth-order valence-electron chi connectivity index (χ4n) is 1.29. The average Bonchev–Trinajstić information content (AvgIpc) is 2.42. The number of hydrogen-bond donors (Lipinski definition) is 1. The summed E-state index contributed by atoms with van der Waals surface area (Å²) < 4.78 is 0. The zero-order valence-electron chi connectivity index (χ0n) is 11.1. The molecule has 1 N–H and O–H groups in total. The van der Waals surface area contributed by atoms with E-state index in [0.29, 0.717) is 0 Å². The molecule has 0 aromatic heterocycles. The monoisotopic (exact) mass is 269 g/mol. The van der Waals surface area contributed by atoms with E-state index in [4.69, 9.17) is 0 Å². The Morgan fingerprint density at radius 1 is 1.00 bits per heavy atom. The second-order valence-corrected chi connectivity index (χ2v) is 3.80. The van der Waals surface area contributed by atoms with Crippen molar-refractivity contribution in [2.75, 3.05) is 0 Å². The van der Waals surface area contributed by atoms with Crippen molar-refractivity contribution < 1.29 is 14.4 Å². The van der Waals surface area contributed by atoms with E-state index in [9.17, 15) is 14.4 Å². The third kappa shape index (κ3) is 5.73. The Bertz CT molecular complexity index is 573. The zero-order chi connectivity index (χ0) is 14.8. The highest BCUT2D eigenvalue weighted by Gasteiger charge is 2.14. The maximum atomic E-state index is 11.5. The molecule has 0 radical (unpaired) electrons. The van der Waals surface area contributed by atoms with E-state index in [-0.39, 0.29) is 11.5 Å².